The Morgan fingerprint density at radius 3 is 1.10 bits per heavy atom. The molecule has 2 heterocycles. The molecule has 2 aromatic rings. The summed E-state index contributed by atoms with van der Waals surface area (Å²) >= 11 is 0. The lowest BCUT2D eigenvalue weighted by molar-refractivity contribution is 0.0639. The lowest BCUT2D eigenvalue weighted by atomic mass is 10.1. The standard InChI is InChI=1S/C22H22N4O4/c27-19-15-5-1-2-6-16(15)20(28)25(19)13-11-23-9-10-24-12-14-26-21(29)17-7-3-4-8-18(17)22(26)30/h1-8,23-24H,9-14H2. The van der Waals surface area contributed by atoms with E-state index in [1.54, 1.807) is 48.5 Å². The maximum atomic E-state index is 12.3. The van der Waals surface area contributed by atoms with Gasteiger partial charge in [0.15, 0.2) is 0 Å². The number of carbonyl (C=O) groups is 4. The first-order chi connectivity index (χ1) is 14.6. The SMILES string of the molecule is O=C1c2ccccc2C(=O)N1CCNCCNCCN1C(=O)c2ccccc2C1=O. The van der Waals surface area contributed by atoms with Gasteiger partial charge < -0.3 is 10.6 Å². The van der Waals surface area contributed by atoms with E-state index in [1.165, 1.54) is 9.80 Å². The first kappa shape index (κ1) is 19.9. The van der Waals surface area contributed by atoms with Gasteiger partial charge in [0.2, 0.25) is 0 Å². The third-order valence-electron chi connectivity index (χ3n) is 5.26. The molecular formula is C22H22N4O4. The minimum Gasteiger partial charge on any atom is -0.314 e. The van der Waals surface area contributed by atoms with Crippen molar-refractivity contribution in [1.82, 2.24) is 20.4 Å². The zero-order valence-corrected chi connectivity index (χ0v) is 16.4. The molecule has 30 heavy (non-hydrogen) atoms. The summed E-state index contributed by atoms with van der Waals surface area (Å²) in [5.74, 6) is -1.01. The third-order valence-corrected chi connectivity index (χ3v) is 5.26. The summed E-state index contributed by atoms with van der Waals surface area (Å²) < 4.78 is 0. The maximum absolute atomic E-state index is 12.3. The van der Waals surface area contributed by atoms with E-state index in [4.69, 9.17) is 0 Å². The number of nitrogens with one attached hydrogen (secondary N) is 2. The highest BCUT2D eigenvalue weighted by Gasteiger charge is 2.35. The zero-order valence-electron chi connectivity index (χ0n) is 16.4. The number of benzene rings is 2. The molecule has 4 amide bonds. The summed E-state index contributed by atoms with van der Waals surface area (Å²) in [6.07, 6.45) is 0. The van der Waals surface area contributed by atoms with Crippen molar-refractivity contribution in [3.05, 3.63) is 70.8 Å². The molecular weight excluding hydrogens is 384 g/mol. The molecule has 2 N–H and O–H groups in total. The molecule has 0 spiro atoms. The predicted molar refractivity (Wildman–Crippen MR) is 109 cm³/mol. The summed E-state index contributed by atoms with van der Waals surface area (Å²) in [4.78, 5) is 51.6. The smallest absolute Gasteiger partial charge is 0.261 e. The van der Waals surface area contributed by atoms with Gasteiger partial charge in [0.1, 0.15) is 0 Å². The molecule has 0 bridgehead atoms. The highest BCUT2D eigenvalue weighted by Crippen LogP contribution is 2.22. The summed E-state index contributed by atoms with van der Waals surface area (Å²) in [5, 5.41) is 6.37. The second-order valence-corrected chi connectivity index (χ2v) is 7.12. The normalized spacial score (nSPS) is 15.2. The fourth-order valence-electron chi connectivity index (χ4n) is 3.69. The zero-order chi connectivity index (χ0) is 21.1. The molecule has 0 saturated heterocycles. The largest absolute Gasteiger partial charge is 0.314 e. The van der Waals surface area contributed by atoms with E-state index in [0.29, 0.717) is 61.5 Å². The molecule has 0 fully saturated rings. The van der Waals surface area contributed by atoms with Crippen LogP contribution < -0.4 is 10.6 Å². The molecule has 0 radical (unpaired) electrons. The van der Waals surface area contributed by atoms with Gasteiger partial charge in [0, 0.05) is 39.3 Å². The number of amides is 4. The second-order valence-electron chi connectivity index (χ2n) is 7.12. The minimum absolute atomic E-state index is 0.253. The van der Waals surface area contributed by atoms with Gasteiger partial charge in [0.25, 0.3) is 23.6 Å². The van der Waals surface area contributed by atoms with Crippen molar-refractivity contribution in [3.8, 4) is 0 Å². The highest BCUT2D eigenvalue weighted by atomic mass is 16.2. The summed E-state index contributed by atoms with van der Waals surface area (Å²) in [5.41, 5.74) is 1.82. The van der Waals surface area contributed by atoms with Crippen molar-refractivity contribution in [2.75, 3.05) is 39.3 Å². The van der Waals surface area contributed by atoms with Crippen LogP contribution in [0.15, 0.2) is 48.5 Å². The molecule has 0 saturated carbocycles. The van der Waals surface area contributed by atoms with Crippen LogP contribution in [-0.4, -0.2) is 72.7 Å². The van der Waals surface area contributed by atoms with E-state index < -0.39 is 0 Å². The Bertz CT molecular complexity index is 868. The number of hydrogen-bond acceptors (Lipinski definition) is 6. The van der Waals surface area contributed by atoms with E-state index in [-0.39, 0.29) is 23.6 Å². The summed E-state index contributed by atoms with van der Waals surface area (Å²) in [6, 6.07) is 13.7. The van der Waals surface area contributed by atoms with Gasteiger partial charge in [-0.1, -0.05) is 24.3 Å². The van der Waals surface area contributed by atoms with E-state index in [9.17, 15) is 19.2 Å². The monoisotopic (exact) mass is 406 g/mol. The molecule has 4 rings (SSSR count). The Labute approximate surface area is 173 Å². The van der Waals surface area contributed by atoms with Gasteiger partial charge in [-0.25, -0.2) is 0 Å². The van der Waals surface area contributed by atoms with Crippen molar-refractivity contribution < 1.29 is 19.2 Å². The molecule has 0 aliphatic carbocycles. The Balaban J connectivity index is 1.12. The van der Waals surface area contributed by atoms with Crippen LogP contribution in [0.25, 0.3) is 0 Å². The van der Waals surface area contributed by atoms with Crippen LogP contribution in [0.1, 0.15) is 41.4 Å². The first-order valence-electron chi connectivity index (χ1n) is 9.91. The van der Waals surface area contributed by atoms with Crippen LogP contribution in [-0.2, 0) is 0 Å². The average molecular weight is 406 g/mol. The number of imide groups is 2. The Hall–Kier alpha value is -3.36. The van der Waals surface area contributed by atoms with Crippen molar-refractivity contribution in [2.24, 2.45) is 0 Å². The summed E-state index contributed by atoms with van der Waals surface area (Å²) in [7, 11) is 0. The first-order valence-corrected chi connectivity index (χ1v) is 9.91. The molecule has 8 heteroatoms. The predicted octanol–water partition coefficient (Wildman–Crippen LogP) is 0.758. The van der Waals surface area contributed by atoms with Gasteiger partial charge in [-0.15, -0.1) is 0 Å². The quantitative estimate of drug-likeness (QED) is 0.471. The molecule has 0 unspecified atom stereocenters. The number of nitrogens with zero attached hydrogens (tertiary/aromatic N) is 2. The molecule has 0 aromatic heterocycles. The van der Waals surface area contributed by atoms with Gasteiger partial charge in [-0.2, -0.15) is 0 Å². The second kappa shape index (κ2) is 8.56. The molecule has 2 aliphatic rings. The minimum atomic E-state index is -0.253. The lowest BCUT2D eigenvalue weighted by Gasteiger charge is -2.15. The van der Waals surface area contributed by atoms with Crippen molar-refractivity contribution in [1.29, 1.82) is 0 Å². The molecule has 154 valence electrons. The maximum Gasteiger partial charge on any atom is 0.261 e. The average Bonchev–Trinajstić information content (AvgIpc) is 3.16. The summed E-state index contributed by atoms with van der Waals surface area (Å²) in [6.45, 7) is 2.86. The van der Waals surface area contributed by atoms with Crippen LogP contribution in [0.5, 0.6) is 0 Å². The van der Waals surface area contributed by atoms with E-state index in [0.717, 1.165) is 0 Å². The number of rotatable bonds is 9. The highest BCUT2D eigenvalue weighted by molar-refractivity contribution is 6.22. The Morgan fingerprint density at radius 1 is 0.500 bits per heavy atom. The van der Waals surface area contributed by atoms with E-state index in [2.05, 4.69) is 10.6 Å². The lowest BCUT2D eigenvalue weighted by Crippen LogP contribution is -2.40. The van der Waals surface area contributed by atoms with Crippen LogP contribution >= 0.6 is 0 Å². The molecule has 8 nitrogen and oxygen atoms in total. The third kappa shape index (κ3) is 3.62. The fraction of sp³-hybridized carbons (Fsp3) is 0.273. The number of fused-ring (bicyclic) bond motifs is 2. The van der Waals surface area contributed by atoms with Crippen LogP contribution in [0.3, 0.4) is 0 Å². The van der Waals surface area contributed by atoms with E-state index in [1.807, 2.05) is 0 Å². The topological polar surface area (TPSA) is 98.8 Å². The van der Waals surface area contributed by atoms with Crippen LogP contribution in [0.4, 0.5) is 0 Å². The van der Waals surface area contributed by atoms with Crippen molar-refractivity contribution in [3.63, 3.8) is 0 Å². The van der Waals surface area contributed by atoms with Gasteiger partial charge >= 0.3 is 0 Å². The molecule has 2 aromatic carbocycles. The fourth-order valence-corrected chi connectivity index (χ4v) is 3.69. The number of carbonyl (C=O) groups excluding carboxylic acids is 4. The Kier molecular flexibility index (Phi) is 5.69. The Morgan fingerprint density at radius 2 is 0.800 bits per heavy atom. The van der Waals surface area contributed by atoms with Gasteiger partial charge in [0.05, 0.1) is 22.3 Å². The van der Waals surface area contributed by atoms with Gasteiger partial charge in [-0.3, -0.25) is 29.0 Å². The molecule has 0 atom stereocenters. The number of hydrogen-bond donors (Lipinski definition) is 2. The van der Waals surface area contributed by atoms with Crippen molar-refractivity contribution in [2.45, 2.75) is 0 Å². The molecule has 2 aliphatic heterocycles. The van der Waals surface area contributed by atoms with Gasteiger partial charge in [-0.05, 0) is 24.3 Å². The van der Waals surface area contributed by atoms with Crippen LogP contribution in [0.2, 0.25) is 0 Å². The van der Waals surface area contributed by atoms with Crippen LogP contribution in [0, 0.1) is 0 Å². The van der Waals surface area contributed by atoms with E-state index >= 15 is 0 Å². The van der Waals surface area contributed by atoms with Crippen molar-refractivity contribution >= 4 is 23.6 Å².